The van der Waals surface area contributed by atoms with Gasteiger partial charge in [0.1, 0.15) is 17.5 Å². The molecule has 0 unspecified atom stereocenters. The molecule has 0 saturated heterocycles. The number of hydrogen-bond donors (Lipinski definition) is 1. The Kier molecular flexibility index (Phi) is 4.07. The van der Waals surface area contributed by atoms with Crippen molar-refractivity contribution in [3.05, 3.63) is 65.6 Å². The van der Waals surface area contributed by atoms with E-state index in [1.165, 1.54) is 18.2 Å². The molecule has 2 aromatic heterocycles. The van der Waals surface area contributed by atoms with Crippen LogP contribution in [0.1, 0.15) is 16.1 Å². The number of aryl methyl sites for hydroxylation is 2. The number of pyridine rings is 1. The van der Waals surface area contributed by atoms with Crippen molar-refractivity contribution in [3.63, 3.8) is 0 Å². The minimum absolute atomic E-state index is 0.123. The van der Waals surface area contributed by atoms with Crippen LogP contribution in [0.2, 0.25) is 0 Å². The second kappa shape index (κ2) is 6.19. The molecule has 0 saturated carbocycles. The molecule has 122 valence electrons. The number of benzene rings is 1. The first-order chi connectivity index (χ1) is 11.4. The summed E-state index contributed by atoms with van der Waals surface area (Å²) < 4.78 is 28.5. The van der Waals surface area contributed by atoms with Crippen LogP contribution in [0.15, 0.2) is 42.7 Å². The number of nitrogens with one attached hydrogen (secondary N) is 1. The third-order valence-corrected chi connectivity index (χ3v) is 3.50. The minimum atomic E-state index is -0.657. The summed E-state index contributed by atoms with van der Waals surface area (Å²) in [6, 6.07) is 6.74. The van der Waals surface area contributed by atoms with Gasteiger partial charge in [0.25, 0.3) is 5.91 Å². The van der Waals surface area contributed by atoms with Gasteiger partial charge in [-0.2, -0.15) is 5.10 Å². The van der Waals surface area contributed by atoms with Crippen molar-refractivity contribution in [2.75, 3.05) is 5.32 Å². The zero-order valence-electron chi connectivity index (χ0n) is 13.0. The molecule has 0 radical (unpaired) electrons. The van der Waals surface area contributed by atoms with Crippen molar-refractivity contribution in [1.82, 2.24) is 14.8 Å². The Balaban J connectivity index is 1.92. The summed E-state index contributed by atoms with van der Waals surface area (Å²) in [4.78, 5) is 16.0. The Morgan fingerprint density at radius 2 is 2.00 bits per heavy atom. The van der Waals surface area contributed by atoms with Crippen LogP contribution in [-0.2, 0) is 7.05 Å². The van der Waals surface area contributed by atoms with Crippen LogP contribution in [0.25, 0.3) is 11.1 Å². The average molecular weight is 328 g/mol. The van der Waals surface area contributed by atoms with Crippen LogP contribution >= 0.6 is 0 Å². The molecule has 0 aliphatic rings. The maximum Gasteiger partial charge on any atom is 0.259 e. The summed E-state index contributed by atoms with van der Waals surface area (Å²) >= 11 is 0. The fraction of sp³-hybridized carbons (Fsp3) is 0.118. The van der Waals surface area contributed by atoms with Gasteiger partial charge in [-0.25, -0.2) is 13.8 Å². The van der Waals surface area contributed by atoms with Gasteiger partial charge in [-0.1, -0.05) is 6.07 Å². The highest BCUT2D eigenvalue weighted by atomic mass is 19.1. The van der Waals surface area contributed by atoms with Gasteiger partial charge in [-0.3, -0.25) is 9.48 Å². The molecule has 0 bridgehead atoms. The van der Waals surface area contributed by atoms with E-state index >= 15 is 0 Å². The Labute approximate surface area is 137 Å². The van der Waals surface area contributed by atoms with E-state index in [-0.39, 0.29) is 11.4 Å². The molecule has 2 heterocycles. The van der Waals surface area contributed by atoms with Crippen LogP contribution in [0.3, 0.4) is 0 Å². The third kappa shape index (κ3) is 3.15. The summed E-state index contributed by atoms with van der Waals surface area (Å²) in [7, 11) is 1.79. The highest BCUT2D eigenvalue weighted by Gasteiger charge is 2.15. The minimum Gasteiger partial charge on any atom is -0.306 e. The lowest BCUT2D eigenvalue weighted by Crippen LogP contribution is -2.14. The SMILES string of the molecule is Cc1nn(C)cc1-c1ccc(F)c(C(=O)Nc2ccc(F)cn2)c1. The second-order valence-corrected chi connectivity index (χ2v) is 5.31. The monoisotopic (exact) mass is 328 g/mol. The van der Waals surface area contributed by atoms with Crippen LogP contribution in [0.5, 0.6) is 0 Å². The van der Waals surface area contributed by atoms with Crippen molar-refractivity contribution in [1.29, 1.82) is 0 Å². The van der Waals surface area contributed by atoms with Crippen LogP contribution in [-0.4, -0.2) is 20.7 Å². The zero-order chi connectivity index (χ0) is 17.3. The lowest BCUT2D eigenvalue weighted by molar-refractivity contribution is 0.102. The first-order valence-corrected chi connectivity index (χ1v) is 7.17. The van der Waals surface area contributed by atoms with Crippen molar-refractivity contribution >= 4 is 11.7 Å². The molecule has 1 N–H and O–H groups in total. The maximum absolute atomic E-state index is 14.0. The lowest BCUT2D eigenvalue weighted by atomic mass is 10.0. The summed E-state index contributed by atoms with van der Waals surface area (Å²) in [6.07, 6.45) is 2.77. The molecule has 0 fully saturated rings. The van der Waals surface area contributed by atoms with Gasteiger partial charge >= 0.3 is 0 Å². The Morgan fingerprint density at radius 1 is 1.21 bits per heavy atom. The van der Waals surface area contributed by atoms with Gasteiger partial charge < -0.3 is 5.32 Å². The van der Waals surface area contributed by atoms with E-state index in [9.17, 15) is 13.6 Å². The number of nitrogens with zero attached hydrogens (tertiary/aromatic N) is 3. The average Bonchev–Trinajstić information content (AvgIpc) is 2.88. The topological polar surface area (TPSA) is 59.8 Å². The highest BCUT2D eigenvalue weighted by Crippen LogP contribution is 2.25. The van der Waals surface area contributed by atoms with E-state index in [1.807, 2.05) is 6.92 Å². The third-order valence-electron chi connectivity index (χ3n) is 3.50. The number of carbonyl (C=O) groups is 1. The first kappa shape index (κ1) is 15.8. The molecule has 3 aromatic rings. The number of carbonyl (C=O) groups excluding carboxylic acids is 1. The van der Waals surface area contributed by atoms with Gasteiger partial charge in [-0.15, -0.1) is 0 Å². The van der Waals surface area contributed by atoms with E-state index < -0.39 is 17.5 Å². The number of anilines is 1. The fourth-order valence-corrected chi connectivity index (χ4v) is 2.38. The fourth-order valence-electron chi connectivity index (χ4n) is 2.38. The van der Waals surface area contributed by atoms with E-state index in [0.717, 1.165) is 23.5 Å². The number of hydrogen-bond acceptors (Lipinski definition) is 3. The van der Waals surface area contributed by atoms with Crippen LogP contribution < -0.4 is 5.32 Å². The van der Waals surface area contributed by atoms with Crippen LogP contribution in [0, 0.1) is 18.6 Å². The number of aromatic nitrogens is 3. The van der Waals surface area contributed by atoms with Crippen molar-refractivity contribution in [2.24, 2.45) is 7.05 Å². The zero-order valence-corrected chi connectivity index (χ0v) is 13.0. The number of amides is 1. The first-order valence-electron chi connectivity index (χ1n) is 7.17. The smallest absolute Gasteiger partial charge is 0.259 e. The second-order valence-electron chi connectivity index (χ2n) is 5.31. The molecule has 0 aliphatic heterocycles. The molecule has 1 aromatic carbocycles. The van der Waals surface area contributed by atoms with Gasteiger partial charge in [0.2, 0.25) is 0 Å². The molecule has 24 heavy (non-hydrogen) atoms. The number of rotatable bonds is 3. The van der Waals surface area contributed by atoms with Crippen molar-refractivity contribution in [2.45, 2.75) is 6.92 Å². The number of halogens is 2. The molecule has 1 amide bonds. The van der Waals surface area contributed by atoms with E-state index in [4.69, 9.17) is 0 Å². The molecule has 0 atom stereocenters. The molecule has 5 nitrogen and oxygen atoms in total. The quantitative estimate of drug-likeness (QED) is 0.802. The molecule has 7 heteroatoms. The highest BCUT2D eigenvalue weighted by molar-refractivity contribution is 6.04. The van der Waals surface area contributed by atoms with Gasteiger partial charge in [0.15, 0.2) is 0 Å². The Morgan fingerprint density at radius 3 is 2.62 bits per heavy atom. The summed E-state index contributed by atoms with van der Waals surface area (Å²) in [5.41, 5.74) is 2.14. The largest absolute Gasteiger partial charge is 0.306 e. The molecule has 3 rings (SSSR count). The van der Waals surface area contributed by atoms with Crippen LogP contribution in [0.4, 0.5) is 14.6 Å². The summed E-state index contributed by atoms with van der Waals surface area (Å²) in [5.74, 6) is -1.69. The summed E-state index contributed by atoms with van der Waals surface area (Å²) in [6.45, 7) is 1.83. The lowest BCUT2D eigenvalue weighted by Gasteiger charge is -2.07. The molecular weight excluding hydrogens is 314 g/mol. The maximum atomic E-state index is 14.0. The van der Waals surface area contributed by atoms with E-state index in [2.05, 4.69) is 15.4 Å². The molecule has 0 aliphatic carbocycles. The van der Waals surface area contributed by atoms with Gasteiger partial charge in [0, 0.05) is 18.8 Å². The standard InChI is InChI=1S/C17H14F2N4O/c1-10-14(9-23(2)22-10)11-3-5-15(19)13(7-11)17(24)21-16-6-4-12(18)8-20-16/h3-9H,1-2H3,(H,20,21,24). The van der Waals surface area contributed by atoms with Gasteiger partial charge in [0.05, 0.1) is 17.5 Å². The van der Waals surface area contributed by atoms with Crippen molar-refractivity contribution < 1.29 is 13.6 Å². The molecular formula is C17H14F2N4O. The van der Waals surface area contributed by atoms with Gasteiger partial charge in [-0.05, 0) is 36.8 Å². The Bertz CT molecular complexity index is 903. The van der Waals surface area contributed by atoms with E-state index in [0.29, 0.717) is 5.56 Å². The summed E-state index contributed by atoms with van der Waals surface area (Å²) in [5, 5.41) is 6.68. The predicted molar refractivity (Wildman–Crippen MR) is 85.5 cm³/mol. The Hall–Kier alpha value is -3.09. The van der Waals surface area contributed by atoms with E-state index in [1.54, 1.807) is 24.0 Å². The molecule has 0 spiro atoms. The predicted octanol–water partition coefficient (Wildman–Crippen LogP) is 3.32. The van der Waals surface area contributed by atoms with Crippen molar-refractivity contribution in [3.8, 4) is 11.1 Å². The normalized spacial score (nSPS) is 10.7.